The summed E-state index contributed by atoms with van der Waals surface area (Å²) >= 11 is 6.05. The molecule has 0 unspecified atom stereocenters. The molecule has 6 heteroatoms. The Hall–Kier alpha value is -2.53. The molecule has 1 aliphatic rings. The van der Waals surface area contributed by atoms with Crippen LogP contribution in [0.1, 0.15) is 17.3 Å². The smallest absolute Gasteiger partial charge is 0.253 e. The molecule has 1 saturated heterocycles. The molecule has 1 aliphatic heterocycles. The zero-order valence-electron chi connectivity index (χ0n) is 14.0. The molecule has 2 aromatic carbocycles. The van der Waals surface area contributed by atoms with Gasteiger partial charge in [-0.05, 0) is 30.3 Å². The van der Waals surface area contributed by atoms with Gasteiger partial charge in [-0.15, -0.1) is 0 Å². The van der Waals surface area contributed by atoms with Gasteiger partial charge in [0.25, 0.3) is 5.91 Å². The van der Waals surface area contributed by atoms with Crippen LogP contribution in [0.2, 0.25) is 5.02 Å². The monoisotopic (exact) mass is 357 g/mol. The standard InChI is InChI=1S/C19H20ClN3O2/c1-14(24)21-17-13-16(20)7-8-18(17)22-9-11-23(12-10-22)19(25)15-5-3-2-4-6-15/h2-8,13H,9-12H2,1H3,(H,21,24). The largest absolute Gasteiger partial charge is 0.366 e. The van der Waals surface area contributed by atoms with Gasteiger partial charge in [0.1, 0.15) is 0 Å². The molecule has 0 aromatic heterocycles. The molecule has 0 saturated carbocycles. The van der Waals surface area contributed by atoms with Crippen molar-refractivity contribution < 1.29 is 9.59 Å². The van der Waals surface area contributed by atoms with Crippen molar-refractivity contribution in [1.29, 1.82) is 0 Å². The third-order valence-corrected chi connectivity index (χ3v) is 4.43. The first kappa shape index (κ1) is 17.3. The fourth-order valence-electron chi connectivity index (χ4n) is 2.99. The predicted octanol–water partition coefficient (Wildman–Crippen LogP) is 3.26. The summed E-state index contributed by atoms with van der Waals surface area (Å²) in [6, 6.07) is 14.8. The van der Waals surface area contributed by atoms with Crippen LogP contribution in [0.3, 0.4) is 0 Å². The summed E-state index contributed by atoms with van der Waals surface area (Å²) in [6.45, 7) is 4.15. The lowest BCUT2D eigenvalue weighted by Gasteiger charge is -2.37. The molecule has 0 aliphatic carbocycles. The molecule has 1 N–H and O–H groups in total. The number of rotatable bonds is 3. The van der Waals surface area contributed by atoms with Crippen molar-refractivity contribution in [2.24, 2.45) is 0 Å². The van der Waals surface area contributed by atoms with Crippen molar-refractivity contribution >= 4 is 34.8 Å². The van der Waals surface area contributed by atoms with Gasteiger partial charge in [-0.25, -0.2) is 0 Å². The van der Waals surface area contributed by atoms with E-state index in [2.05, 4.69) is 10.2 Å². The molecule has 1 heterocycles. The van der Waals surface area contributed by atoms with E-state index in [4.69, 9.17) is 11.6 Å². The summed E-state index contributed by atoms with van der Waals surface area (Å²) in [5, 5.41) is 3.40. The maximum atomic E-state index is 12.5. The molecule has 3 rings (SSSR count). The van der Waals surface area contributed by atoms with E-state index in [1.807, 2.05) is 47.4 Å². The van der Waals surface area contributed by atoms with E-state index in [1.54, 1.807) is 6.07 Å². The third-order valence-electron chi connectivity index (χ3n) is 4.20. The molecule has 2 amide bonds. The Bertz CT molecular complexity index is 771. The molecule has 1 fully saturated rings. The van der Waals surface area contributed by atoms with E-state index < -0.39 is 0 Å². The van der Waals surface area contributed by atoms with Crippen molar-refractivity contribution in [1.82, 2.24) is 4.90 Å². The highest BCUT2D eigenvalue weighted by atomic mass is 35.5. The number of benzene rings is 2. The average Bonchev–Trinajstić information content (AvgIpc) is 2.62. The van der Waals surface area contributed by atoms with Gasteiger partial charge in [-0.3, -0.25) is 9.59 Å². The van der Waals surface area contributed by atoms with Crippen LogP contribution in [0, 0.1) is 0 Å². The minimum atomic E-state index is -0.138. The summed E-state index contributed by atoms with van der Waals surface area (Å²) in [7, 11) is 0. The van der Waals surface area contributed by atoms with Crippen LogP contribution in [-0.2, 0) is 4.79 Å². The first-order valence-electron chi connectivity index (χ1n) is 8.21. The van der Waals surface area contributed by atoms with Gasteiger partial charge in [-0.2, -0.15) is 0 Å². The fraction of sp³-hybridized carbons (Fsp3) is 0.263. The Kier molecular flexibility index (Phi) is 5.24. The second-order valence-electron chi connectivity index (χ2n) is 5.99. The second-order valence-corrected chi connectivity index (χ2v) is 6.42. The van der Waals surface area contributed by atoms with Crippen molar-refractivity contribution in [3.8, 4) is 0 Å². The molecule has 0 bridgehead atoms. The molecular formula is C19H20ClN3O2. The maximum absolute atomic E-state index is 12.5. The highest BCUT2D eigenvalue weighted by molar-refractivity contribution is 6.31. The summed E-state index contributed by atoms with van der Waals surface area (Å²) in [5.41, 5.74) is 2.33. The summed E-state index contributed by atoms with van der Waals surface area (Å²) < 4.78 is 0. The van der Waals surface area contributed by atoms with Crippen LogP contribution in [0.5, 0.6) is 0 Å². The van der Waals surface area contributed by atoms with Crippen LogP contribution < -0.4 is 10.2 Å². The normalized spacial score (nSPS) is 14.3. The van der Waals surface area contributed by atoms with Crippen LogP contribution in [-0.4, -0.2) is 42.9 Å². The van der Waals surface area contributed by atoms with E-state index in [-0.39, 0.29) is 11.8 Å². The van der Waals surface area contributed by atoms with Crippen LogP contribution in [0.4, 0.5) is 11.4 Å². The highest BCUT2D eigenvalue weighted by Gasteiger charge is 2.23. The van der Waals surface area contributed by atoms with Gasteiger partial charge in [0, 0.05) is 43.7 Å². The molecule has 5 nitrogen and oxygen atoms in total. The number of amides is 2. The number of carbonyl (C=O) groups excluding carboxylic acids is 2. The molecule has 0 radical (unpaired) electrons. The minimum absolute atomic E-state index is 0.0541. The minimum Gasteiger partial charge on any atom is -0.366 e. The van der Waals surface area contributed by atoms with Gasteiger partial charge in [0.2, 0.25) is 5.91 Å². The number of nitrogens with one attached hydrogen (secondary N) is 1. The lowest BCUT2D eigenvalue weighted by Crippen LogP contribution is -2.49. The second kappa shape index (κ2) is 7.57. The highest BCUT2D eigenvalue weighted by Crippen LogP contribution is 2.30. The van der Waals surface area contributed by atoms with Gasteiger partial charge in [-0.1, -0.05) is 29.8 Å². The zero-order chi connectivity index (χ0) is 17.8. The lowest BCUT2D eigenvalue weighted by atomic mass is 10.1. The topological polar surface area (TPSA) is 52.7 Å². The number of carbonyl (C=O) groups is 2. The van der Waals surface area contributed by atoms with Crippen LogP contribution >= 0.6 is 11.6 Å². The zero-order valence-corrected chi connectivity index (χ0v) is 14.8. The Morgan fingerprint density at radius 3 is 2.32 bits per heavy atom. The summed E-state index contributed by atoms with van der Waals surface area (Å²) in [4.78, 5) is 28.0. The molecule has 2 aromatic rings. The van der Waals surface area contributed by atoms with E-state index >= 15 is 0 Å². The number of hydrogen-bond donors (Lipinski definition) is 1. The van der Waals surface area contributed by atoms with E-state index in [0.29, 0.717) is 42.5 Å². The van der Waals surface area contributed by atoms with Crippen LogP contribution in [0.25, 0.3) is 0 Å². The quantitative estimate of drug-likeness (QED) is 0.917. The number of anilines is 2. The molecule has 25 heavy (non-hydrogen) atoms. The lowest BCUT2D eigenvalue weighted by molar-refractivity contribution is -0.114. The van der Waals surface area contributed by atoms with Crippen LogP contribution in [0.15, 0.2) is 48.5 Å². The Morgan fingerprint density at radius 2 is 1.68 bits per heavy atom. The van der Waals surface area contributed by atoms with Crippen molar-refractivity contribution in [2.45, 2.75) is 6.92 Å². The molecule has 0 atom stereocenters. The Balaban J connectivity index is 1.70. The Morgan fingerprint density at radius 1 is 1.00 bits per heavy atom. The number of piperazine rings is 1. The van der Waals surface area contributed by atoms with Crippen molar-refractivity contribution in [3.05, 3.63) is 59.1 Å². The number of halogens is 1. The molecule has 0 spiro atoms. The van der Waals surface area contributed by atoms with Gasteiger partial charge < -0.3 is 15.1 Å². The van der Waals surface area contributed by atoms with Crippen molar-refractivity contribution in [2.75, 3.05) is 36.4 Å². The van der Waals surface area contributed by atoms with Crippen molar-refractivity contribution in [3.63, 3.8) is 0 Å². The number of nitrogens with zero attached hydrogens (tertiary/aromatic N) is 2. The SMILES string of the molecule is CC(=O)Nc1cc(Cl)ccc1N1CCN(C(=O)c2ccccc2)CC1. The third kappa shape index (κ3) is 4.12. The van der Waals surface area contributed by atoms with Gasteiger partial charge >= 0.3 is 0 Å². The van der Waals surface area contributed by atoms with E-state index in [1.165, 1.54) is 6.92 Å². The van der Waals surface area contributed by atoms with E-state index in [0.717, 1.165) is 5.69 Å². The van der Waals surface area contributed by atoms with Gasteiger partial charge in [0.15, 0.2) is 0 Å². The number of hydrogen-bond acceptors (Lipinski definition) is 3. The first-order chi connectivity index (χ1) is 12.0. The first-order valence-corrected chi connectivity index (χ1v) is 8.59. The molecular weight excluding hydrogens is 338 g/mol. The average molecular weight is 358 g/mol. The summed E-state index contributed by atoms with van der Waals surface area (Å²) in [5.74, 6) is -0.0835. The van der Waals surface area contributed by atoms with E-state index in [9.17, 15) is 9.59 Å². The summed E-state index contributed by atoms with van der Waals surface area (Å²) in [6.07, 6.45) is 0. The molecule has 130 valence electrons. The Labute approximate surface area is 152 Å². The predicted molar refractivity (Wildman–Crippen MR) is 100 cm³/mol. The van der Waals surface area contributed by atoms with Gasteiger partial charge in [0.05, 0.1) is 11.4 Å². The fourth-order valence-corrected chi connectivity index (χ4v) is 3.16. The maximum Gasteiger partial charge on any atom is 0.253 e.